The van der Waals surface area contributed by atoms with Crippen LogP contribution in [0.3, 0.4) is 0 Å². The van der Waals surface area contributed by atoms with Gasteiger partial charge in [-0.1, -0.05) is 59.6 Å². The number of halogens is 2. The Labute approximate surface area is 245 Å². The SMILES string of the molecule is COc1cccc2c(C(=O)NCC3=CCC=CC(Cl)=C3)cn(CCCN3CCC(Oc4ccccc4Cl)CC3)c12. The van der Waals surface area contributed by atoms with Crippen molar-refractivity contribution in [1.29, 1.82) is 0 Å². The molecule has 1 N–H and O–H groups in total. The Kier molecular flexibility index (Phi) is 9.53. The van der Waals surface area contributed by atoms with Crippen LogP contribution in [0.1, 0.15) is 36.0 Å². The lowest BCUT2D eigenvalue weighted by Gasteiger charge is -2.32. The highest BCUT2D eigenvalue weighted by Gasteiger charge is 2.22. The molecule has 0 bridgehead atoms. The van der Waals surface area contributed by atoms with Crippen molar-refractivity contribution in [2.45, 2.75) is 38.3 Å². The Morgan fingerprint density at radius 2 is 1.85 bits per heavy atom. The third-order valence-corrected chi connectivity index (χ3v) is 7.98. The predicted molar refractivity (Wildman–Crippen MR) is 163 cm³/mol. The fourth-order valence-electron chi connectivity index (χ4n) is 5.37. The number of rotatable bonds is 10. The van der Waals surface area contributed by atoms with Crippen molar-refractivity contribution in [2.24, 2.45) is 0 Å². The number of hydrogen-bond donors (Lipinski definition) is 1. The number of para-hydroxylation sites is 2. The van der Waals surface area contributed by atoms with Crippen LogP contribution < -0.4 is 14.8 Å². The molecule has 210 valence electrons. The van der Waals surface area contributed by atoms with Crippen molar-refractivity contribution in [3.63, 3.8) is 0 Å². The monoisotopic (exact) mass is 579 g/mol. The molecule has 1 amide bonds. The molecule has 3 aromatic rings. The number of methoxy groups -OCH3 is 1. The van der Waals surface area contributed by atoms with Crippen molar-refractivity contribution in [1.82, 2.24) is 14.8 Å². The van der Waals surface area contributed by atoms with E-state index in [1.54, 1.807) is 7.11 Å². The number of carbonyl (C=O) groups excluding carboxylic acids is 1. The molecule has 40 heavy (non-hydrogen) atoms. The molecule has 5 rings (SSSR count). The molecule has 2 aromatic carbocycles. The first-order valence-electron chi connectivity index (χ1n) is 13.8. The van der Waals surface area contributed by atoms with Gasteiger partial charge in [0.05, 0.1) is 23.2 Å². The van der Waals surface area contributed by atoms with E-state index in [2.05, 4.69) is 20.9 Å². The minimum absolute atomic E-state index is 0.111. The number of aromatic nitrogens is 1. The molecule has 1 saturated heterocycles. The van der Waals surface area contributed by atoms with Gasteiger partial charge in [-0.3, -0.25) is 4.79 Å². The summed E-state index contributed by atoms with van der Waals surface area (Å²) in [6, 6.07) is 13.5. The standard InChI is InChI=1S/C32H35Cl2N3O3/c1-39-30-13-6-10-26-27(32(38)35-21-23-8-2-3-9-24(33)20-23)22-37(31(26)30)17-7-16-36-18-14-25(15-19-36)40-29-12-5-4-11-28(29)34/h3-6,8-13,20,22,25H,2,7,14-19,21H2,1H3,(H,35,38). The molecule has 0 atom stereocenters. The van der Waals surface area contributed by atoms with Crippen LogP contribution in [-0.4, -0.2) is 54.8 Å². The average Bonchev–Trinajstić information content (AvgIpc) is 3.21. The van der Waals surface area contributed by atoms with Gasteiger partial charge in [-0.25, -0.2) is 0 Å². The summed E-state index contributed by atoms with van der Waals surface area (Å²) in [7, 11) is 1.67. The Hall–Kier alpha value is -3.19. The number of ether oxygens (including phenoxy) is 2. The summed E-state index contributed by atoms with van der Waals surface area (Å²) in [5, 5.41) is 5.28. The van der Waals surface area contributed by atoms with Crippen LogP contribution >= 0.6 is 23.2 Å². The summed E-state index contributed by atoms with van der Waals surface area (Å²) in [5.41, 5.74) is 2.59. The molecule has 8 heteroatoms. The second-order valence-electron chi connectivity index (χ2n) is 10.2. The third kappa shape index (κ3) is 6.92. The highest BCUT2D eigenvalue weighted by molar-refractivity contribution is 6.32. The number of aryl methyl sites for hydroxylation is 1. The van der Waals surface area contributed by atoms with Crippen LogP contribution in [-0.2, 0) is 6.54 Å². The second-order valence-corrected chi connectivity index (χ2v) is 11.0. The lowest BCUT2D eigenvalue weighted by molar-refractivity contribution is 0.0958. The van der Waals surface area contributed by atoms with Crippen molar-refractivity contribution >= 4 is 40.0 Å². The largest absolute Gasteiger partial charge is 0.495 e. The molecule has 0 spiro atoms. The van der Waals surface area contributed by atoms with E-state index >= 15 is 0 Å². The number of fused-ring (bicyclic) bond motifs is 1. The quantitative estimate of drug-likeness (QED) is 0.281. The molecule has 1 aliphatic heterocycles. The van der Waals surface area contributed by atoms with Crippen LogP contribution in [0.4, 0.5) is 0 Å². The maximum absolute atomic E-state index is 13.3. The molecular formula is C32H35Cl2N3O3. The highest BCUT2D eigenvalue weighted by atomic mass is 35.5. The lowest BCUT2D eigenvalue weighted by Crippen LogP contribution is -2.39. The minimum Gasteiger partial charge on any atom is -0.495 e. The number of amides is 1. The van der Waals surface area contributed by atoms with Gasteiger partial charge in [0, 0.05) is 42.8 Å². The topological polar surface area (TPSA) is 55.7 Å². The molecular weight excluding hydrogens is 545 g/mol. The van der Waals surface area contributed by atoms with E-state index in [0.717, 1.165) is 79.8 Å². The summed E-state index contributed by atoms with van der Waals surface area (Å²) >= 11 is 12.5. The zero-order valence-electron chi connectivity index (χ0n) is 22.7. The van der Waals surface area contributed by atoms with Gasteiger partial charge in [0.1, 0.15) is 17.6 Å². The van der Waals surface area contributed by atoms with Crippen LogP contribution in [0.15, 0.2) is 83.6 Å². The van der Waals surface area contributed by atoms with Crippen molar-refractivity contribution < 1.29 is 14.3 Å². The molecule has 0 radical (unpaired) electrons. The third-order valence-electron chi connectivity index (χ3n) is 7.43. The van der Waals surface area contributed by atoms with E-state index in [0.29, 0.717) is 22.2 Å². The Morgan fingerprint density at radius 3 is 2.65 bits per heavy atom. The van der Waals surface area contributed by atoms with Gasteiger partial charge in [0.2, 0.25) is 0 Å². The average molecular weight is 581 g/mol. The fraction of sp³-hybridized carbons (Fsp3) is 0.344. The number of allylic oxidation sites excluding steroid dienone is 4. The Balaban J connectivity index is 1.19. The smallest absolute Gasteiger partial charge is 0.253 e. The van der Waals surface area contributed by atoms with Crippen molar-refractivity contribution in [2.75, 3.05) is 33.3 Å². The molecule has 0 unspecified atom stereocenters. The van der Waals surface area contributed by atoms with E-state index in [-0.39, 0.29) is 12.0 Å². The maximum Gasteiger partial charge on any atom is 0.253 e. The summed E-state index contributed by atoms with van der Waals surface area (Å²) in [6.45, 7) is 4.16. The second kappa shape index (κ2) is 13.4. The molecule has 1 fully saturated rings. The van der Waals surface area contributed by atoms with E-state index < -0.39 is 0 Å². The summed E-state index contributed by atoms with van der Waals surface area (Å²) in [6.07, 6.45) is 13.7. The number of nitrogens with zero attached hydrogens (tertiary/aromatic N) is 2. The molecule has 0 saturated carbocycles. The number of benzene rings is 2. The van der Waals surface area contributed by atoms with Crippen LogP contribution in [0.25, 0.3) is 10.9 Å². The number of hydrogen-bond acceptors (Lipinski definition) is 4. The van der Waals surface area contributed by atoms with Gasteiger partial charge in [-0.15, -0.1) is 0 Å². The number of piperidine rings is 1. The predicted octanol–water partition coefficient (Wildman–Crippen LogP) is 6.98. The first-order valence-corrected chi connectivity index (χ1v) is 14.6. The zero-order chi connectivity index (χ0) is 27.9. The van der Waals surface area contributed by atoms with Crippen molar-refractivity contribution in [3.05, 3.63) is 94.2 Å². The molecule has 1 aliphatic carbocycles. The normalized spacial score (nSPS) is 16.4. The number of likely N-dealkylation sites (tertiary alicyclic amines) is 1. The van der Waals surface area contributed by atoms with Gasteiger partial charge in [0.15, 0.2) is 0 Å². The van der Waals surface area contributed by atoms with Gasteiger partial charge < -0.3 is 24.3 Å². The maximum atomic E-state index is 13.3. The van der Waals surface area contributed by atoms with Crippen LogP contribution in [0.5, 0.6) is 11.5 Å². The summed E-state index contributed by atoms with van der Waals surface area (Å²) in [4.78, 5) is 15.8. The van der Waals surface area contributed by atoms with Crippen LogP contribution in [0.2, 0.25) is 5.02 Å². The summed E-state index contributed by atoms with van der Waals surface area (Å²) < 4.78 is 14.0. The molecule has 2 aliphatic rings. The van der Waals surface area contributed by atoms with Crippen molar-refractivity contribution in [3.8, 4) is 11.5 Å². The number of nitrogens with one attached hydrogen (secondary N) is 1. The van der Waals surface area contributed by atoms with Gasteiger partial charge in [-0.2, -0.15) is 0 Å². The summed E-state index contributed by atoms with van der Waals surface area (Å²) in [5.74, 6) is 1.42. The van der Waals surface area contributed by atoms with E-state index in [1.165, 1.54) is 0 Å². The first-order chi connectivity index (χ1) is 19.5. The minimum atomic E-state index is -0.111. The first kappa shape index (κ1) is 28.3. The van der Waals surface area contributed by atoms with E-state index in [4.69, 9.17) is 32.7 Å². The van der Waals surface area contributed by atoms with Gasteiger partial charge in [0.25, 0.3) is 5.91 Å². The molecule has 1 aromatic heterocycles. The molecule has 6 nitrogen and oxygen atoms in total. The van der Waals surface area contributed by atoms with E-state index in [1.807, 2.05) is 66.9 Å². The zero-order valence-corrected chi connectivity index (χ0v) is 24.3. The Bertz CT molecular complexity index is 1430. The van der Waals surface area contributed by atoms with Gasteiger partial charge >= 0.3 is 0 Å². The fourth-order valence-corrected chi connectivity index (χ4v) is 5.78. The Morgan fingerprint density at radius 1 is 1.05 bits per heavy atom. The van der Waals surface area contributed by atoms with Crippen LogP contribution in [0, 0.1) is 0 Å². The van der Waals surface area contributed by atoms with E-state index in [9.17, 15) is 4.79 Å². The lowest BCUT2D eigenvalue weighted by atomic mass is 10.1. The highest BCUT2D eigenvalue weighted by Crippen LogP contribution is 2.31. The van der Waals surface area contributed by atoms with Gasteiger partial charge in [-0.05, 0) is 68.2 Å². The number of carbonyl (C=O) groups is 1. The molecule has 2 heterocycles.